The van der Waals surface area contributed by atoms with Crippen LogP contribution in [0.2, 0.25) is 0 Å². The lowest BCUT2D eigenvalue weighted by Gasteiger charge is -2.58. The Bertz CT molecular complexity index is 762. The van der Waals surface area contributed by atoms with Crippen LogP contribution in [-0.2, 0) is 19.3 Å². The molecule has 4 rings (SSSR count). The normalized spacial score (nSPS) is 48.4. The van der Waals surface area contributed by atoms with Crippen molar-refractivity contribution in [3.8, 4) is 0 Å². The molecule has 0 aromatic carbocycles. The van der Waals surface area contributed by atoms with E-state index in [0.717, 1.165) is 31.3 Å². The van der Waals surface area contributed by atoms with Gasteiger partial charge >= 0.3 is 10.3 Å². The Morgan fingerprint density at radius 2 is 1.81 bits per heavy atom. The van der Waals surface area contributed by atoms with Gasteiger partial charge in [-0.2, -0.15) is 8.42 Å². The molecular formula is C19H29NO5S. The fourth-order valence-electron chi connectivity index (χ4n) is 6.66. The molecule has 26 heavy (non-hydrogen) atoms. The van der Waals surface area contributed by atoms with Crippen molar-refractivity contribution < 1.29 is 22.5 Å². The summed E-state index contributed by atoms with van der Waals surface area (Å²) >= 11 is 0. The summed E-state index contributed by atoms with van der Waals surface area (Å²) in [6.45, 7) is 4.34. The van der Waals surface area contributed by atoms with Gasteiger partial charge in [-0.3, -0.25) is 8.98 Å². The molecule has 146 valence electrons. The lowest BCUT2D eigenvalue weighted by Crippen LogP contribution is -2.54. The summed E-state index contributed by atoms with van der Waals surface area (Å²) in [4.78, 5) is 12.5. The summed E-state index contributed by atoms with van der Waals surface area (Å²) in [5.41, 5.74) is 0.756. The second-order valence-corrected chi connectivity index (χ2v) is 10.4. The first-order valence-electron chi connectivity index (χ1n) is 9.68. The highest BCUT2D eigenvalue weighted by atomic mass is 32.2. The highest BCUT2D eigenvalue weighted by molar-refractivity contribution is 7.84. The van der Waals surface area contributed by atoms with Gasteiger partial charge in [-0.25, -0.2) is 5.14 Å². The van der Waals surface area contributed by atoms with Gasteiger partial charge in [0.25, 0.3) is 0 Å². The van der Waals surface area contributed by atoms with E-state index in [-0.39, 0.29) is 22.7 Å². The fraction of sp³-hybridized carbons (Fsp3) is 0.842. The number of hydrogen-bond donors (Lipinski definition) is 2. The molecule has 0 heterocycles. The van der Waals surface area contributed by atoms with Gasteiger partial charge < -0.3 is 5.11 Å². The van der Waals surface area contributed by atoms with E-state index in [4.69, 9.17) is 9.32 Å². The predicted molar refractivity (Wildman–Crippen MR) is 96.1 cm³/mol. The molecule has 7 atom stereocenters. The third kappa shape index (κ3) is 2.70. The number of aliphatic hydroxyl groups is 1. The van der Waals surface area contributed by atoms with Gasteiger partial charge in [-0.1, -0.05) is 25.5 Å². The molecule has 1 unspecified atom stereocenters. The molecule has 0 saturated heterocycles. The number of hydrogen-bond acceptors (Lipinski definition) is 5. The van der Waals surface area contributed by atoms with Crippen molar-refractivity contribution in [2.24, 2.45) is 33.7 Å². The Labute approximate surface area is 155 Å². The van der Waals surface area contributed by atoms with E-state index in [1.165, 1.54) is 0 Å². The first-order chi connectivity index (χ1) is 12.0. The number of ketones is 1. The third-order valence-corrected chi connectivity index (χ3v) is 8.60. The molecule has 4 aliphatic carbocycles. The van der Waals surface area contributed by atoms with E-state index >= 15 is 0 Å². The molecule has 0 amide bonds. The van der Waals surface area contributed by atoms with Crippen molar-refractivity contribution >= 4 is 16.1 Å². The SMILES string of the molecule is C[C@]12CCC(OS(N)(=O)=O)CC1=C[C@@H](O)[C@@H]1[C@@H]2CC[C@]2(C)C(=O)CC[C@@H]12. The highest BCUT2D eigenvalue weighted by Gasteiger charge is 2.60. The van der Waals surface area contributed by atoms with Crippen molar-refractivity contribution in [2.75, 3.05) is 0 Å². The van der Waals surface area contributed by atoms with Crippen LogP contribution in [0.4, 0.5) is 0 Å². The molecule has 0 aromatic rings. The van der Waals surface area contributed by atoms with Crippen LogP contribution >= 0.6 is 0 Å². The zero-order valence-electron chi connectivity index (χ0n) is 15.5. The first kappa shape index (κ1) is 18.6. The minimum absolute atomic E-state index is 0.0604. The Hall–Kier alpha value is -0.760. The summed E-state index contributed by atoms with van der Waals surface area (Å²) < 4.78 is 27.6. The Morgan fingerprint density at radius 1 is 1.15 bits per heavy atom. The largest absolute Gasteiger partial charge is 0.389 e. The van der Waals surface area contributed by atoms with E-state index in [1.54, 1.807) is 0 Å². The maximum atomic E-state index is 12.5. The molecule has 7 heteroatoms. The number of rotatable bonds is 2. The summed E-state index contributed by atoms with van der Waals surface area (Å²) in [7, 11) is -3.97. The zero-order valence-corrected chi connectivity index (χ0v) is 16.3. The van der Waals surface area contributed by atoms with Crippen molar-refractivity contribution in [1.29, 1.82) is 0 Å². The quantitative estimate of drug-likeness (QED) is 0.710. The predicted octanol–water partition coefficient (Wildman–Crippen LogP) is 2.08. The molecular weight excluding hydrogens is 354 g/mol. The van der Waals surface area contributed by atoms with Gasteiger partial charge in [0.2, 0.25) is 0 Å². The highest BCUT2D eigenvalue weighted by Crippen LogP contribution is 2.64. The number of nitrogens with two attached hydrogens (primary N) is 1. The average molecular weight is 384 g/mol. The Morgan fingerprint density at radius 3 is 2.50 bits per heavy atom. The van der Waals surface area contributed by atoms with Gasteiger partial charge in [-0.15, -0.1) is 0 Å². The summed E-state index contributed by atoms with van der Waals surface area (Å²) in [6.07, 6.45) is 6.21. The number of carbonyl (C=O) groups is 1. The number of fused-ring (bicyclic) bond motifs is 5. The van der Waals surface area contributed by atoms with Crippen molar-refractivity contribution in [1.82, 2.24) is 0 Å². The molecule has 3 saturated carbocycles. The molecule has 0 spiro atoms. The molecule has 0 aromatic heterocycles. The van der Waals surface area contributed by atoms with Crippen LogP contribution < -0.4 is 5.14 Å². The minimum atomic E-state index is -3.97. The minimum Gasteiger partial charge on any atom is -0.389 e. The van der Waals surface area contributed by atoms with Gasteiger partial charge in [0.15, 0.2) is 0 Å². The summed E-state index contributed by atoms with van der Waals surface area (Å²) in [5, 5.41) is 16.0. The average Bonchev–Trinajstić information content (AvgIpc) is 2.83. The second kappa shape index (κ2) is 5.87. The summed E-state index contributed by atoms with van der Waals surface area (Å²) in [6, 6.07) is 0. The van der Waals surface area contributed by atoms with Crippen LogP contribution in [0.25, 0.3) is 0 Å². The third-order valence-electron chi connectivity index (χ3n) is 8.06. The smallest absolute Gasteiger partial charge is 0.333 e. The van der Waals surface area contributed by atoms with Crippen molar-refractivity contribution in [3.63, 3.8) is 0 Å². The maximum absolute atomic E-state index is 12.5. The van der Waals surface area contributed by atoms with E-state index in [9.17, 15) is 18.3 Å². The van der Waals surface area contributed by atoms with Crippen LogP contribution in [0.15, 0.2) is 11.6 Å². The lowest BCUT2D eigenvalue weighted by molar-refractivity contribution is -0.135. The number of Topliss-reactive ketones (excluding diaryl/α,β-unsaturated/α-hetero) is 1. The van der Waals surface area contributed by atoms with Gasteiger partial charge in [-0.05, 0) is 61.7 Å². The Balaban J connectivity index is 1.65. The second-order valence-electron chi connectivity index (χ2n) is 9.26. The Kier molecular flexibility index (Phi) is 4.20. The molecule has 0 radical (unpaired) electrons. The van der Waals surface area contributed by atoms with Crippen LogP contribution in [0.5, 0.6) is 0 Å². The van der Waals surface area contributed by atoms with Gasteiger partial charge in [0, 0.05) is 11.8 Å². The van der Waals surface area contributed by atoms with Crippen LogP contribution in [0.1, 0.15) is 58.8 Å². The molecule has 3 N–H and O–H groups in total. The van der Waals surface area contributed by atoms with Crippen molar-refractivity contribution in [3.05, 3.63) is 11.6 Å². The maximum Gasteiger partial charge on any atom is 0.333 e. The van der Waals surface area contributed by atoms with Gasteiger partial charge in [0.1, 0.15) is 5.78 Å². The van der Waals surface area contributed by atoms with E-state index in [1.807, 2.05) is 6.08 Å². The van der Waals surface area contributed by atoms with Crippen LogP contribution in [0, 0.1) is 28.6 Å². The molecule has 0 aliphatic heterocycles. The molecule has 0 bridgehead atoms. The lowest BCUT2D eigenvalue weighted by atomic mass is 9.47. The van der Waals surface area contributed by atoms with E-state index in [0.29, 0.717) is 31.0 Å². The standard InChI is InChI=1S/C19H29NO5S/c1-18-7-5-12(25-26(20,23)24)9-11(18)10-15(21)17-13-3-4-16(22)19(13,2)8-6-14(17)18/h10,12-15,17,21H,3-9H2,1-2H3,(H2,20,23,24)/t12?,13-,14-,15+,17-,18-,19-/m0/s1. The van der Waals surface area contributed by atoms with E-state index in [2.05, 4.69) is 13.8 Å². The monoisotopic (exact) mass is 383 g/mol. The zero-order chi connectivity index (χ0) is 18.9. The van der Waals surface area contributed by atoms with Crippen LogP contribution in [-0.4, -0.2) is 31.5 Å². The fourth-order valence-corrected chi connectivity index (χ4v) is 7.20. The van der Waals surface area contributed by atoms with Gasteiger partial charge in [0.05, 0.1) is 12.2 Å². The van der Waals surface area contributed by atoms with E-state index < -0.39 is 22.5 Å². The first-order valence-corrected chi connectivity index (χ1v) is 11.2. The topological polar surface area (TPSA) is 107 Å². The van der Waals surface area contributed by atoms with Crippen LogP contribution in [0.3, 0.4) is 0 Å². The molecule has 6 nitrogen and oxygen atoms in total. The molecule has 4 aliphatic rings. The summed E-state index contributed by atoms with van der Waals surface area (Å²) in [5.74, 6) is 1.05. The van der Waals surface area contributed by atoms with Crippen molar-refractivity contribution in [2.45, 2.75) is 71.0 Å². The number of carbonyl (C=O) groups excluding carboxylic acids is 1. The number of aliphatic hydroxyl groups excluding tert-OH is 1. The molecule has 3 fully saturated rings.